The van der Waals surface area contributed by atoms with Crippen LogP contribution < -0.4 is 5.32 Å². The monoisotopic (exact) mass is 169 g/mol. The van der Waals surface area contributed by atoms with Gasteiger partial charge in [0.15, 0.2) is 0 Å². The zero-order valence-electron chi connectivity index (χ0n) is 8.17. The molecule has 0 saturated heterocycles. The van der Waals surface area contributed by atoms with E-state index in [0.717, 1.165) is 6.42 Å². The minimum atomic E-state index is 0.133. The lowest BCUT2D eigenvalue weighted by molar-refractivity contribution is 0.204. The Labute approximate surface area is 75.4 Å². The molecule has 0 aromatic heterocycles. The third-order valence-corrected chi connectivity index (χ3v) is 2.22. The van der Waals surface area contributed by atoms with E-state index in [-0.39, 0.29) is 24.6 Å². The molecule has 2 N–H and O–H groups in total. The number of hydrogen-bond acceptors (Lipinski definition) is 2. The van der Waals surface area contributed by atoms with Gasteiger partial charge < -0.3 is 10.4 Å². The van der Waals surface area contributed by atoms with Crippen LogP contribution in [-0.4, -0.2) is 23.8 Å². The van der Waals surface area contributed by atoms with Gasteiger partial charge in [-0.05, 0) is 19.3 Å². The number of nitrogens with one attached hydrogen (secondary N) is 1. The standard InChI is InChI=1S/C10H19NO/c1-5-10(6-2)11-9(4)8(3)7-12/h1,8-12H,6-7H2,2-4H3. The highest BCUT2D eigenvalue weighted by Gasteiger charge is 2.13. The Morgan fingerprint density at radius 2 is 2.08 bits per heavy atom. The predicted molar refractivity (Wildman–Crippen MR) is 51.8 cm³/mol. The average Bonchev–Trinajstić information content (AvgIpc) is 2.12. The molecule has 2 nitrogen and oxygen atoms in total. The summed E-state index contributed by atoms with van der Waals surface area (Å²) in [6.07, 6.45) is 6.23. The summed E-state index contributed by atoms with van der Waals surface area (Å²) in [5.41, 5.74) is 0. The fraction of sp³-hybridized carbons (Fsp3) is 0.800. The van der Waals surface area contributed by atoms with Crippen molar-refractivity contribution in [3.63, 3.8) is 0 Å². The molecule has 0 aliphatic carbocycles. The molecule has 0 radical (unpaired) electrons. The lowest BCUT2D eigenvalue weighted by Gasteiger charge is -2.22. The average molecular weight is 169 g/mol. The number of rotatable bonds is 5. The Morgan fingerprint density at radius 3 is 2.42 bits per heavy atom. The molecule has 3 unspecified atom stereocenters. The predicted octanol–water partition coefficient (Wildman–Crippen LogP) is 1.00. The molecule has 0 aromatic carbocycles. The minimum absolute atomic E-state index is 0.133. The second-order valence-electron chi connectivity index (χ2n) is 3.24. The van der Waals surface area contributed by atoms with E-state index in [0.29, 0.717) is 0 Å². The van der Waals surface area contributed by atoms with Gasteiger partial charge in [0.25, 0.3) is 0 Å². The summed E-state index contributed by atoms with van der Waals surface area (Å²) >= 11 is 0. The molecule has 0 aromatic rings. The molecule has 0 spiro atoms. The summed E-state index contributed by atoms with van der Waals surface area (Å²) in [5.74, 6) is 2.93. The Morgan fingerprint density at radius 1 is 1.50 bits per heavy atom. The fourth-order valence-corrected chi connectivity index (χ4v) is 0.924. The molecule has 0 heterocycles. The van der Waals surface area contributed by atoms with E-state index in [1.165, 1.54) is 0 Å². The second-order valence-corrected chi connectivity index (χ2v) is 3.24. The first-order valence-corrected chi connectivity index (χ1v) is 4.48. The second kappa shape index (κ2) is 6.05. The van der Waals surface area contributed by atoms with Gasteiger partial charge in [-0.2, -0.15) is 0 Å². The maximum atomic E-state index is 8.87. The quantitative estimate of drug-likeness (QED) is 0.602. The Balaban J connectivity index is 3.82. The maximum absolute atomic E-state index is 8.87. The van der Waals surface area contributed by atoms with Gasteiger partial charge in [0, 0.05) is 12.6 Å². The van der Waals surface area contributed by atoms with Crippen molar-refractivity contribution in [3.05, 3.63) is 0 Å². The van der Waals surface area contributed by atoms with E-state index in [1.54, 1.807) is 0 Å². The molecule has 0 saturated carbocycles. The van der Waals surface area contributed by atoms with Gasteiger partial charge in [-0.15, -0.1) is 6.42 Å². The summed E-state index contributed by atoms with van der Waals surface area (Å²) in [7, 11) is 0. The van der Waals surface area contributed by atoms with Crippen LogP contribution >= 0.6 is 0 Å². The van der Waals surface area contributed by atoms with Gasteiger partial charge >= 0.3 is 0 Å². The summed E-state index contributed by atoms with van der Waals surface area (Å²) in [6, 6.07) is 0.407. The zero-order chi connectivity index (χ0) is 9.56. The molecule has 12 heavy (non-hydrogen) atoms. The summed E-state index contributed by atoms with van der Waals surface area (Å²) in [4.78, 5) is 0. The Bertz CT molecular complexity index is 150. The molecular formula is C10H19NO. The normalized spacial score (nSPS) is 17.9. The highest BCUT2D eigenvalue weighted by Crippen LogP contribution is 2.02. The van der Waals surface area contributed by atoms with Crippen LogP contribution in [-0.2, 0) is 0 Å². The largest absolute Gasteiger partial charge is 0.396 e. The first kappa shape index (κ1) is 11.5. The van der Waals surface area contributed by atoms with Gasteiger partial charge in [0.2, 0.25) is 0 Å². The van der Waals surface area contributed by atoms with Crippen LogP contribution in [0.4, 0.5) is 0 Å². The molecule has 3 atom stereocenters. The zero-order valence-corrected chi connectivity index (χ0v) is 8.17. The maximum Gasteiger partial charge on any atom is 0.0686 e. The molecule has 0 amide bonds. The van der Waals surface area contributed by atoms with E-state index >= 15 is 0 Å². The molecule has 70 valence electrons. The highest BCUT2D eigenvalue weighted by atomic mass is 16.3. The topological polar surface area (TPSA) is 32.3 Å². The number of aliphatic hydroxyl groups is 1. The van der Waals surface area contributed by atoms with Crippen molar-refractivity contribution in [2.24, 2.45) is 5.92 Å². The number of aliphatic hydroxyl groups excluding tert-OH is 1. The number of terminal acetylenes is 1. The van der Waals surface area contributed by atoms with E-state index in [2.05, 4.69) is 11.2 Å². The van der Waals surface area contributed by atoms with Crippen molar-refractivity contribution in [1.29, 1.82) is 0 Å². The molecular weight excluding hydrogens is 150 g/mol. The van der Waals surface area contributed by atoms with Crippen molar-refractivity contribution in [2.45, 2.75) is 39.3 Å². The highest BCUT2D eigenvalue weighted by molar-refractivity contribution is 4.99. The SMILES string of the molecule is C#CC(CC)NC(C)C(C)CO. The van der Waals surface area contributed by atoms with E-state index in [9.17, 15) is 0 Å². The third-order valence-electron chi connectivity index (χ3n) is 2.22. The van der Waals surface area contributed by atoms with Crippen molar-refractivity contribution in [3.8, 4) is 12.3 Å². The van der Waals surface area contributed by atoms with Gasteiger partial charge in [0.05, 0.1) is 6.04 Å². The molecule has 0 fully saturated rings. The lowest BCUT2D eigenvalue weighted by Crippen LogP contribution is -2.40. The van der Waals surface area contributed by atoms with Crippen LogP contribution in [0, 0.1) is 18.3 Å². The van der Waals surface area contributed by atoms with Gasteiger partial charge in [-0.1, -0.05) is 19.8 Å². The van der Waals surface area contributed by atoms with Crippen LogP contribution in [0.15, 0.2) is 0 Å². The first-order chi connectivity index (χ1) is 5.65. The van der Waals surface area contributed by atoms with Crippen LogP contribution in [0.25, 0.3) is 0 Å². The van der Waals surface area contributed by atoms with Gasteiger partial charge in [-0.25, -0.2) is 0 Å². The van der Waals surface area contributed by atoms with Crippen molar-refractivity contribution < 1.29 is 5.11 Å². The van der Waals surface area contributed by atoms with Gasteiger partial charge in [0.1, 0.15) is 0 Å². The van der Waals surface area contributed by atoms with Crippen molar-refractivity contribution in [2.75, 3.05) is 6.61 Å². The lowest BCUT2D eigenvalue weighted by atomic mass is 10.0. The van der Waals surface area contributed by atoms with Crippen LogP contribution in [0.1, 0.15) is 27.2 Å². The third kappa shape index (κ3) is 3.75. The first-order valence-electron chi connectivity index (χ1n) is 4.48. The van der Waals surface area contributed by atoms with Crippen LogP contribution in [0.2, 0.25) is 0 Å². The summed E-state index contributed by atoms with van der Waals surface area (Å²) in [5, 5.41) is 12.1. The van der Waals surface area contributed by atoms with Crippen LogP contribution in [0.5, 0.6) is 0 Å². The van der Waals surface area contributed by atoms with E-state index in [1.807, 2.05) is 20.8 Å². The Kier molecular flexibility index (Phi) is 5.79. The molecule has 2 heteroatoms. The smallest absolute Gasteiger partial charge is 0.0686 e. The van der Waals surface area contributed by atoms with Crippen LogP contribution in [0.3, 0.4) is 0 Å². The Hall–Kier alpha value is -0.520. The molecule has 0 bridgehead atoms. The van der Waals surface area contributed by atoms with E-state index in [4.69, 9.17) is 11.5 Å². The van der Waals surface area contributed by atoms with Crippen molar-refractivity contribution in [1.82, 2.24) is 5.32 Å². The fourth-order valence-electron chi connectivity index (χ4n) is 0.924. The van der Waals surface area contributed by atoms with Gasteiger partial charge in [-0.3, -0.25) is 0 Å². The van der Waals surface area contributed by atoms with E-state index < -0.39 is 0 Å². The molecule has 0 rings (SSSR count). The minimum Gasteiger partial charge on any atom is -0.396 e. The molecule has 0 aliphatic rings. The molecule has 0 aliphatic heterocycles. The number of hydrogen-bond donors (Lipinski definition) is 2. The summed E-state index contributed by atoms with van der Waals surface area (Å²) in [6.45, 7) is 6.30. The summed E-state index contributed by atoms with van der Waals surface area (Å²) < 4.78 is 0. The van der Waals surface area contributed by atoms with Crippen molar-refractivity contribution >= 4 is 0 Å².